The molecule has 0 bridgehead atoms. The first kappa shape index (κ1) is 24.8. The van der Waals surface area contributed by atoms with Gasteiger partial charge in [0.15, 0.2) is 11.8 Å². The van der Waals surface area contributed by atoms with Gasteiger partial charge in [0, 0.05) is 41.5 Å². The molecule has 0 amide bonds. The van der Waals surface area contributed by atoms with Crippen LogP contribution in [-0.2, 0) is 12.7 Å². The second-order valence-corrected chi connectivity index (χ2v) is 10.3. The highest BCUT2D eigenvalue weighted by atomic mass is 15.5. The molecule has 1 aromatic heterocycles. The van der Waals surface area contributed by atoms with Crippen molar-refractivity contribution in [3.8, 4) is 0 Å². The van der Waals surface area contributed by atoms with E-state index in [1.165, 1.54) is 22.4 Å². The molecule has 0 radical (unpaired) electrons. The van der Waals surface area contributed by atoms with E-state index in [9.17, 15) is 0 Å². The first-order valence-electron chi connectivity index (χ1n) is 13.6. The summed E-state index contributed by atoms with van der Waals surface area (Å²) in [7, 11) is 2.10. The second-order valence-electron chi connectivity index (χ2n) is 10.3. The Morgan fingerprint density at radius 1 is 0.615 bits per heavy atom. The molecule has 196 valence electrons. The van der Waals surface area contributed by atoms with Crippen LogP contribution in [0.2, 0.25) is 0 Å². The van der Waals surface area contributed by atoms with Crippen LogP contribution in [0.1, 0.15) is 30.5 Å². The number of benzene rings is 3. The molecule has 0 aliphatic carbocycles. The van der Waals surface area contributed by atoms with E-state index in [2.05, 4.69) is 186 Å². The van der Waals surface area contributed by atoms with E-state index < -0.39 is 5.66 Å². The predicted molar refractivity (Wildman–Crippen MR) is 158 cm³/mol. The zero-order valence-corrected chi connectivity index (χ0v) is 23.1. The molecule has 5 nitrogen and oxygen atoms in total. The van der Waals surface area contributed by atoms with Crippen LogP contribution in [0.15, 0.2) is 134 Å². The Kier molecular flexibility index (Phi) is 6.35. The van der Waals surface area contributed by atoms with Gasteiger partial charge >= 0.3 is 0 Å². The Labute approximate surface area is 232 Å². The van der Waals surface area contributed by atoms with E-state index in [-0.39, 0.29) is 12.3 Å². The lowest BCUT2D eigenvalue weighted by Crippen LogP contribution is -2.62. The maximum absolute atomic E-state index is 2.52. The first-order chi connectivity index (χ1) is 19.0. The highest BCUT2D eigenvalue weighted by Gasteiger charge is 2.53. The van der Waals surface area contributed by atoms with Gasteiger partial charge in [-0.25, -0.2) is 9.47 Å². The molecule has 3 heterocycles. The predicted octanol–water partition coefficient (Wildman–Crippen LogP) is 6.30. The van der Waals surface area contributed by atoms with Crippen LogP contribution in [0.25, 0.3) is 0 Å². The Balaban J connectivity index is 1.56. The van der Waals surface area contributed by atoms with Gasteiger partial charge in [-0.2, -0.15) is 0 Å². The lowest BCUT2D eigenvalue weighted by molar-refractivity contribution is -0.658. The molecule has 2 aliphatic heterocycles. The lowest BCUT2D eigenvalue weighted by Gasteiger charge is -2.53. The van der Waals surface area contributed by atoms with Gasteiger partial charge in [0.25, 0.3) is 5.82 Å². The minimum absolute atomic E-state index is 0.0461. The summed E-state index contributed by atoms with van der Waals surface area (Å²) < 4.78 is 2.18. The van der Waals surface area contributed by atoms with E-state index in [1.807, 2.05) is 0 Å². The number of pyridine rings is 1. The minimum Gasteiger partial charge on any atom is -0.326 e. The quantitative estimate of drug-likeness (QED) is 0.281. The Hall–Kier alpha value is -4.51. The van der Waals surface area contributed by atoms with Gasteiger partial charge in [-0.15, -0.1) is 0 Å². The van der Waals surface area contributed by atoms with Gasteiger partial charge in [0.05, 0.1) is 13.2 Å². The van der Waals surface area contributed by atoms with Crippen molar-refractivity contribution < 1.29 is 4.57 Å². The molecule has 4 aromatic rings. The molecular formula is C34H36N5+. The van der Waals surface area contributed by atoms with Gasteiger partial charge in [-0.05, 0) is 44.5 Å². The van der Waals surface area contributed by atoms with Gasteiger partial charge in [-0.3, -0.25) is 0 Å². The third kappa shape index (κ3) is 3.97. The highest BCUT2D eigenvalue weighted by molar-refractivity contribution is 5.54. The molecule has 5 heteroatoms. The average Bonchev–Trinajstić information content (AvgIpc) is 3.55. The van der Waals surface area contributed by atoms with Crippen molar-refractivity contribution in [1.82, 2.24) is 9.80 Å². The normalized spacial score (nSPS) is 20.1. The summed E-state index contributed by atoms with van der Waals surface area (Å²) in [5.41, 5.74) is 4.31. The van der Waals surface area contributed by atoms with Crippen molar-refractivity contribution in [2.75, 3.05) is 9.80 Å². The summed E-state index contributed by atoms with van der Waals surface area (Å²) in [5, 5.41) is 0. The van der Waals surface area contributed by atoms with E-state index in [0.717, 1.165) is 5.82 Å². The van der Waals surface area contributed by atoms with Crippen LogP contribution in [0.3, 0.4) is 0 Å². The standard InChI is InChI=1S/C34H36N5/c1-27-15-11-12-20-32(27)34(30-16-7-5-8-17-30,38-25-23-36(28(38)2)31-18-9-6-10-19-31)39-26-24-37(29(39)3)33-21-13-14-22-35(33)4/h5-26,28-29H,1-4H3/q+1/t28-,29+,34?/m0/s1. The minimum atomic E-state index is -0.607. The maximum atomic E-state index is 2.52. The summed E-state index contributed by atoms with van der Waals surface area (Å²) >= 11 is 0. The SMILES string of the molecule is Cc1ccccc1C(c1ccccc1)(N1C=CN(c2cccc[n+]2C)[C@H]1C)N1C=CN(c2ccccc2)[C@@H]1C. The van der Waals surface area contributed by atoms with Crippen LogP contribution in [0.4, 0.5) is 11.5 Å². The van der Waals surface area contributed by atoms with Crippen LogP contribution in [0.5, 0.6) is 0 Å². The number of aryl methyl sites for hydroxylation is 2. The highest BCUT2D eigenvalue weighted by Crippen LogP contribution is 2.48. The molecule has 3 aromatic carbocycles. The van der Waals surface area contributed by atoms with Crippen molar-refractivity contribution in [1.29, 1.82) is 0 Å². The first-order valence-corrected chi connectivity index (χ1v) is 13.6. The summed E-state index contributed by atoms with van der Waals surface area (Å²) in [6, 6.07) is 36.8. The molecule has 0 N–H and O–H groups in total. The van der Waals surface area contributed by atoms with Crippen LogP contribution < -0.4 is 14.4 Å². The zero-order chi connectivity index (χ0) is 27.0. The lowest BCUT2D eigenvalue weighted by atomic mass is 9.84. The fourth-order valence-electron chi connectivity index (χ4n) is 6.26. The smallest absolute Gasteiger partial charge is 0.282 e. The second kappa shape index (κ2) is 9.99. The number of rotatable bonds is 6. The van der Waals surface area contributed by atoms with Crippen molar-refractivity contribution in [2.45, 2.75) is 38.8 Å². The molecule has 39 heavy (non-hydrogen) atoms. The largest absolute Gasteiger partial charge is 0.326 e. The molecule has 0 fully saturated rings. The van der Waals surface area contributed by atoms with Gasteiger partial charge < -0.3 is 14.7 Å². The third-order valence-corrected chi connectivity index (χ3v) is 8.18. The number of hydrogen-bond acceptors (Lipinski definition) is 4. The molecule has 0 saturated carbocycles. The fourth-order valence-corrected chi connectivity index (χ4v) is 6.26. The molecular weight excluding hydrogens is 478 g/mol. The van der Waals surface area contributed by atoms with E-state index in [1.54, 1.807) is 0 Å². The number of para-hydroxylation sites is 1. The van der Waals surface area contributed by atoms with E-state index in [4.69, 9.17) is 0 Å². The van der Waals surface area contributed by atoms with Gasteiger partial charge in [0.2, 0.25) is 0 Å². The van der Waals surface area contributed by atoms with Crippen LogP contribution in [-0.4, -0.2) is 22.1 Å². The summed E-state index contributed by atoms with van der Waals surface area (Å²) in [5.74, 6) is 1.14. The van der Waals surface area contributed by atoms with Gasteiger partial charge in [-0.1, -0.05) is 78.9 Å². The van der Waals surface area contributed by atoms with Crippen molar-refractivity contribution in [3.05, 3.63) is 151 Å². The number of nitrogens with zero attached hydrogens (tertiary/aromatic N) is 5. The monoisotopic (exact) mass is 514 g/mol. The molecule has 6 rings (SSSR count). The Morgan fingerprint density at radius 3 is 1.85 bits per heavy atom. The van der Waals surface area contributed by atoms with E-state index >= 15 is 0 Å². The molecule has 1 unspecified atom stereocenters. The van der Waals surface area contributed by atoms with Crippen molar-refractivity contribution in [2.24, 2.45) is 7.05 Å². The number of aromatic nitrogens is 1. The summed E-state index contributed by atoms with van der Waals surface area (Å²) in [4.78, 5) is 9.75. The average molecular weight is 515 g/mol. The number of anilines is 2. The number of hydrogen-bond donors (Lipinski definition) is 0. The summed E-state index contributed by atoms with van der Waals surface area (Å²) in [6.07, 6.45) is 11.2. The summed E-state index contributed by atoms with van der Waals surface area (Å²) in [6.45, 7) is 6.82. The topological polar surface area (TPSA) is 16.8 Å². The van der Waals surface area contributed by atoms with Crippen molar-refractivity contribution >= 4 is 11.5 Å². The van der Waals surface area contributed by atoms with Crippen LogP contribution >= 0.6 is 0 Å². The van der Waals surface area contributed by atoms with E-state index in [0.29, 0.717) is 0 Å². The fraction of sp³-hybridized carbons (Fsp3) is 0.206. The third-order valence-electron chi connectivity index (χ3n) is 8.18. The molecule has 3 atom stereocenters. The zero-order valence-electron chi connectivity index (χ0n) is 23.1. The van der Waals surface area contributed by atoms with Crippen molar-refractivity contribution in [3.63, 3.8) is 0 Å². The molecule has 2 aliphatic rings. The molecule has 0 spiro atoms. The Bertz CT molecular complexity index is 1500. The maximum Gasteiger partial charge on any atom is 0.282 e. The Morgan fingerprint density at radius 2 is 1.18 bits per heavy atom. The van der Waals surface area contributed by atoms with Gasteiger partial charge in [0.1, 0.15) is 12.4 Å². The van der Waals surface area contributed by atoms with Crippen LogP contribution in [0, 0.1) is 6.92 Å². The molecule has 0 saturated heterocycles.